The van der Waals surface area contributed by atoms with Crippen LogP contribution in [0.25, 0.3) is 0 Å². The Bertz CT molecular complexity index is 1480. The highest BCUT2D eigenvalue weighted by atomic mass is 35.5. The Kier molecular flexibility index (Phi) is 11.3. The molecule has 4 aliphatic rings. The normalized spacial score (nSPS) is 27.3. The van der Waals surface area contributed by atoms with Gasteiger partial charge in [0.15, 0.2) is 6.23 Å². The Morgan fingerprint density at radius 1 is 0.957 bits per heavy atom. The lowest BCUT2D eigenvalue weighted by Gasteiger charge is -2.57. The predicted octanol–water partition coefficient (Wildman–Crippen LogP) is 5.31. The van der Waals surface area contributed by atoms with Gasteiger partial charge in [-0.3, -0.25) is 9.28 Å². The number of piperidine rings is 4. The van der Waals surface area contributed by atoms with Crippen LogP contribution in [0.15, 0.2) is 72.8 Å². The summed E-state index contributed by atoms with van der Waals surface area (Å²) in [6, 6.07) is 24.6. The molecule has 3 aromatic rings. The van der Waals surface area contributed by atoms with Crippen LogP contribution in [0.3, 0.4) is 0 Å². The summed E-state index contributed by atoms with van der Waals surface area (Å²) in [5.74, 6) is 1.75. The first kappa shape index (κ1) is 35.0. The molecule has 4 heterocycles. The van der Waals surface area contributed by atoms with Crippen molar-refractivity contribution in [3.05, 3.63) is 99.5 Å². The van der Waals surface area contributed by atoms with Crippen LogP contribution in [0, 0.1) is 11.8 Å². The molecule has 2 bridgehead atoms. The molecule has 0 aromatic heterocycles. The third-order valence-electron chi connectivity index (χ3n) is 10.6. The third kappa shape index (κ3) is 7.39. The highest BCUT2D eigenvalue weighted by Crippen LogP contribution is 2.48. The van der Waals surface area contributed by atoms with E-state index in [1.165, 1.54) is 18.4 Å². The highest BCUT2D eigenvalue weighted by Gasteiger charge is 2.55. The Morgan fingerprint density at radius 2 is 1.70 bits per heavy atom. The Morgan fingerprint density at radius 3 is 2.39 bits per heavy atom. The van der Waals surface area contributed by atoms with E-state index in [0.717, 1.165) is 60.3 Å². The van der Waals surface area contributed by atoms with Gasteiger partial charge in [0.1, 0.15) is 11.4 Å². The van der Waals surface area contributed by atoms with Crippen LogP contribution in [0.1, 0.15) is 63.1 Å². The molecule has 0 spiro atoms. The molecule has 0 saturated carbocycles. The number of benzene rings is 3. The largest absolute Gasteiger partial charge is 1.00 e. The van der Waals surface area contributed by atoms with Crippen molar-refractivity contribution in [1.29, 1.82) is 0 Å². The van der Waals surface area contributed by atoms with Crippen molar-refractivity contribution < 1.29 is 31.2 Å². The van der Waals surface area contributed by atoms with Crippen molar-refractivity contribution >= 4 is 29.1 Å². The molecule has 5 nitrogen and oxygen atoms in total. The van der Waals surface area contributed by atoms with Gasteiger partial charge in [-0.05, 0) is 86.4 Å². The van der Waals surface area contributed by atoms with E-state index in [-0.39, 0.29) is 36.6 Å². The molecule has 4 fully saturated rings. The third-order valence-corrected chi connectivity index (χ3v) is 11.4. The summed E-state index contributed by atoms with van der Waals surface area (Å²) in [6.07, 6.45) is 5.76. The second-order valence-electron chi connectivity index (χ2n) is 13.7. The number of ether oxygens (including phenoxy) is 2. The van der Waals surface area contributed by atoms with Crippen LogP contribution in [-0.2, 0) is 28.0 Å². The number of rotatable bonds is 10. The van der Waals surface area contributed by atoms with E-state index in [9.17, 15) is 4.79 Å². The zero-order valence-corrected chi connectivity index (χ0v) is 29.5. The van der Waals surface area contributed by atoms with E-state index in [2.05, 4.69) is 43.3 Å². The standard InChI is InChI=1S/C38H47Cl2N2O3.ClH/c1-4-42-19-16-29(17-20-42)24-37(42)45-38(31-13-14-34(39)35(40)25-31)26-41(18-15-32(38)21-28-9-6-5-7-10-28)36(43)23-30-11-8-12-33(22-30)44-27(2)3;/h5-14,22,25,27,29,32,37H,4,15-21,23-24,26H2,1-3H3;1H/q+1;/p-1. The fourth-order valence-electron chi connectivity index (χ4n) is 8.08. The van der Waals surface area contributed by atoms with Gasteiger partial charge in [0, 0.05) is 25.8 Å². The van der Waals surface area contributed by atoms with Crippen LogP contribution in [0.4, 0.5) is 0 Å². The number of hydrogen-bond donors (Lipinski definition) is 0. The Hall–Kier alpha value is -2.28. The second kappa shape index (κ2) is 14.9. The van der Waals surface area contributed by atoms with Gasteiger partial charge in [-0.2, -0.15) is 0 Å². The molecule has 3 unspecified atom stereocenters. The second-order valence-corrected chi connectivity index (χ2v) is 14.5. The van der Waals surface area contributed by atoms with Gasteiger partial charge >= 0.3 is 0 Å². The molecule has 4 saturated heterocycles. The van der Waals surface area contributed by atoms with Gasteiger partial charge in [0.25, 0.3) is 0 Å². The molecule has 1 amide bonds. The summed E-state index contributed by atoms with van der Waals surface area (Å²) in [6.45, 7) is 10.9. The van der Waals surface area contributed by atoms with Gasteiger partial charge < -0.3 is 26.8 Å². The monoisotopic (exact) mass is 684 g/mol. The van der Waals surface area contributed by atoms with Crippen LogP contribution in [0.5, 0.6) is 5.75 Å². The van der Waals surface area contributed by atoms with Gasteiger partial charge in [-0.15, -0.1) is 0 Å². The first-order valence-electron chi connectivity index (χ1n) is 16.8. The maximum absolute atomic E-state index is 14.1. The quantitative estimate of drug-likeness (QED) is 0.272. The SMILES string of the molecule is CC[N+]12CCC(CC1)CC2OC1(c2ccc(Cl)c(Cl)c2)CN(C(=O)Cc2cccc(OC(C)C)c2)CCC1Cc1ccccc1.[Cl-]. The Labute approximate surface area is 291 Å². The first-order valence-corrected chi connectivity index (χ1v) is 17.5. The van der Waals surface area contributed by atoms with Crippen LogP contribution < -0.4 is 17.1 Å². The van der Waals surface area contributed by atoms with Gasteiger partial charge in [-0.25, -0.2) is 0 Å². The zero-order chi connectivity index (χ0) is 31.6. The molecule has 0 radical (unpaired) electrons. The summed E-state index contributed by atoms with van der Waals surface area (Å²) < 4.78 is 14.6. The maximum Gasteiger partial charge on any atom is 0.227 e. The minimum Gasteiger partial charge on any atom is -1.00 e. The van der Waals surface area contributed by atoms with E-state index in [0.29, 0.717) is 35.5 Å². The summed E-state index contributed by atoms with van der Waals surface area (Å²) in [5.41, 5.74) is 2.52. The van der Waals surface area contributed by atoms with Gasteiger partial charge in [-0.1, -0.05) is 71.7 Å². The molecule has 3 aromatic carbocycles. The van der Waals surface area contributed by atoms with Crippen molar-refractivity contribution in [2.45, 2.75) is 77.2 Å². The van der Waals surface area contributed by atoms with Crippen molar-refractivity contribution in [1.82, 2.24) is 4.90 Å². The average molecular weight is 686 g/mol. The molecule has 7 rings (SSSR count). The van der Waals surface area contributed by atoms with E-state index < -0.39 is 5.60 Å². The van der Waals surface area contributed by atoms with E-state index >= 15 is 0 Å². The lowest BCUT2D eigenvalue weighted by atomic mass is 9.72. The smallest absolute Gasteiger partial charge is 0.227 e. The lowest BCUT2D eigenvalue weighted by Crippen LogP contribution is -3.00. The number of hydrogen-bond acceptors (Lipinski definition) is 3. The number of likely N-dealkylation sites (tertiary alicyclic amines) is 1. The molecule has 3 atom stereocenters. The molecule has 0 N–H and O–H groups in total. The van der Waals surface area contributed by atoms with Crippen molar-refractivity contribution in [3.63, 3.8) is 0 Å². The maximum atomic E-state index is 14.1. The highest BCUT2D eigenvalue weighted by molar-refractivity contribution is 6.42. The number of nitrogens with zero attached hydrogens (tertiary/aromatic N) is 2. The van der Waals surface area contributed by atoms with Crippen LogP contribution in [-0.4, -0.2) is 60.3 Å². The van der Waals surface area contributed by atoms with E-state index in [1.54, 1.807) is 0 Å². The number of carbonyl (C=O) groups excluding carboxylic acids is 1. The van der Waals surface area contributed by atoms with E-state index in [4.69, 9.17) is 32.7 Å². The summed E-state index contributed by atoms with van der Waals surface area (Å²) >= 11 is 13.2. The fourth-order valence-corrected chi connectivity index (χ4v) is 8.38. The molecular formula is C38H47Cl3N2O3. The first-order chi connectivity index (χ1) is 21.7. The van der Waals surface area contributed by atoms with Crippen LogP contribution >= 0.6 is 23.2 Å². The lowest BCUT2D eigenvalue weighted by molar-refractivity contribution is -0.987. The number of carbonyl (C=O) groups is 1. The molecular weight excluding hydrogens is 639 g/mol. The summed E-state index contributed by atoms with van der Waals surface area (Å²) in [7, 11) is 0. The minimum atomic E-state index is -0.733. The van der Waals surface area contributed by atoms with Gasteiger partial charge in [0.05, 0.1) is 48.7 Å². The Balaban J connectivity index is 0.00000417. The summed E-state index contributed by atoms with van der Waals surface area (Å²) in [4.78, 5) is 16.2. The number of fused-ring (bicyclic) bond motifs is 3. The van der Waals surface area contributed by atoms with Crippen molar-refractivity contribution in [3.8, 4) is 5.75 Å². The predicted molar refractivity (Wildman–Crippen MR) is 182 cm³/mol. The number of quaternary nitrogens is 1. The van der Waals surface area contributed by atoms with Crippen molar-refractivity contribution in [2.75, 3.05) is 32.7 Å². The molecule has 8 heteroatoms. The van der Waals surface area contributed by atoms with Gasteiger partial charge in [0.2, 0.25) is 5.91 Å². The number of halogens is 3. The van der Waals surface area contributed by atoms with Crippen LogP contribution in [0.2, 0.25) is 10.0 Å². The number of amides is 1. The van der Waals surface area contributed by atoms with Crippen molar-refractivity contribution in [2.24, 2.45) is 11.8 Å². The molecule has 248 valence electrons. The minimum absolute atomic E-state index is 0. The van der Waals surface area contributed by atoms with E-state index in [1.807, 2.05) is 55.1 Å². The summed E-state index contributed by atoms with van der Waals surface area (Å²) in [5, 5.41) is 1.05. The molecule has 0 aliphatic carbocycles. The molecule has 4 aliphatic heterocycles. The zero-order valence-electron chi connectivity index (χ0n) is 27.3. The average Bonchev–Trinajstić information content (AvgIpc) is 3.04. The molecule has 46 heavy (non-hydrogen) atoms. The topological polar surface area (TPSA) is 38.8 Å². The fraction of sp³-hybridized carbons (Fsp3) is 0.500.